The summed E-state index contributed by atoms with van der Waals surface area (Å²) in [5.41, 5.74) is 2.05. The third-order valence-electron chi connectivity index (χ3n) is 4.48. The van der Waals surface area contributed by atoms with Crippen molar-refractivity contribution in [2.75, 3.05) is 33.4 Å². The first-order chi connectivity index (χ1) is 13.1. The van der Waals surface area contributed by atoms with E-state index in [9.17, 15) is 15.0 Å². The highest BCUT2D eigenvalue weighted by Gasteiger charge is 2.14. The fraction of sp³-hybridized carbons (Fsp3) is 0.286. The molecule has 27 heavy (non-hydrogen) atoms. The number of aromatic hydroxyl groups is 2. The molecule has 2 aromatic rings. The summed E-state index contributed by atoms with van der Waals surface area (Å²) in [5, 5.41) is 19.1. The second kappa shape index (κ2) is 8.70. The van der Waals surface area contributed by atoms with Crippen LogP contribution in [0.1, 0.15) is 21.5 Å². The zero-order valence-electron chi connectivity index (χ0n) is 15.2. The predicted octanol–water partition coefficient (Wildman–Crippen LogP) is 2.83. The Morgan fingerprint density at radius 1 is 1.19 bits per heavy atom. The molecule has 142 valence electrons. The van der Waals surface area contributed by atoms with Gasteiger partial charge >= 0.3 is 0 Å². The van der Waals surface area contributed by atoms with Crippen molar-refractivity contribution in [1.29, 1.82) is 0 Å². The van der Waals surface area contributed by atoms with Gasteiger partial charge in [0.25, 0.3) is 0 Å². The van der Waals surface area contributed by atoms with E-state index in [1.165, 1.54) is 18.2 Å². The van der Waals surface area contributed by atoms with Crippen molar-refractivity contribution in [3.63, 3.8) is 0 Å². The Hall–Kier alpha value is -2.83. The molecule has 1 aliphatic heterocycles. The molecule has 0 bridgehead atoms. The van der Waals surface area contributed by atoms with E-state index >= 15 is 0 Å². The Morgan fingerprint density at radius 2 is 1.96 bits per heavy atom. The van der Waals surface area contributed by atoms with Gasteiger partial charge in [0.2, 0.25) is 0 Å². The summed E-state index contributed by atoms with van der Waals surface area (Å²) < 4.78 is 10.8. The number of benzene rings is 2. The highest BCUT2D eigenvalue weighted by molar-refractivity contribution is 6.08. The van der Waals surface area contributed by atoms with Crippen molar-refractivity contribution in [2.24, 2.45) is 0 Å². The summed E-state index contributed by atoms with van der Waals surface area (Å²) in [5.74, 6) is 0.141. The largest absolute Gasteiger partial charge is 0.508 e. The average Bonchev–Trinajstić information content (AvgIpc) is 2.67. The van der Waals surface area contributed by atoms with E-state index in [1.807, 2.05) is 18.2 Å². The molecule has 0 radical (unpaired) electrons. The SMILES string of the molecule is COc1ccc(/C=C/C(=O)c2ccc(O)cc2O)cc1CN1CCOCC1. The first-order valence-corrected chi connectivity index (χ1v) is 8.78. The molecule has 6 nitrogen and oxygen atoms in total. The van der Waals surface area contributed by atoms with Crippen LogP contribution in [0.15, 0.2) is 42.5 Å². The lowest BCUT2D eigenvalue weighted by molar-refractivity contribution is 0.0339. The summed E-state index contributed by atoms with van der Waals surface area (Å²) in [7, 11) is 1.64. The molecule has 1 aliphatic rings. The molecule has 1 heterocycles. The van der Waals surface area contributed by atoms with Crippen molar-refractivity contribution < 1.29 is 24.5 Å². The highest BCUT2D eigenvalue weighted by atomic mass is 16.5. The minimum atomic E-state index is -0.335. The Bertz CT molecular complexity index is 840. The lowest BCUT2D eigenvalue weighted by Gasteiger charge is -2.27. The number of rotatable bonds is 6. The molecular formula is C21H23NO5. The van der Waals surface area contributed by atoms with E-state index in [0.717, 1.165) is 55.8 Å². The second-order valence-corrected chi connectivity index (χ2v) is 6.36. The van der Waals surface area contributed by atoms with Crippen LogP contribution in [0.4, 0.5) is 0 Å². The van der Waals surface area contributed by atoms with E-state index in [-0.39, 0.29) is 22.8 Å². The van der Waals surface area contributed by atoms with Crippen molar-refractivity contribution in [3.8, 4) is 17.2 Å². The van der Waals surface area contributed by atoms with Crippen molar-refractivity contribution in [3.05, 3.63) is 59.2 Å². The molecule has 0 amide bonds. The number of phenols is 2. The maximum atomic E-state index is 12.3. The smallest absolute Gasteiger partial charge is 0.189 e. The zero-order chi connectivity index (χ0) is 19.2. The van der Waals surface area contributed by atoms with Gasteiger partial charge in [-0.2, -0.15) is 0 Å². The van der Waals surface area contributed by atoms with Gasteiger partial charge in [-0.3, -0.25) is 9.69 Å². The maximum Gasteiger partial charge on any atom is 0.189 e. The number of ether oxygens (including phenoxy) is 2. The molecule has 2 N–H and O–H groups in total. The molecule has 0 saturated carbocycles. The Kier molecular flexibility index (Phi) is 6.11. The molecule has 3 rings (SSSR count). The molecule has 1 saturated heterocycles. The minimum Gasteiger partial charge on any atom is -0.508 e. The van der Waals surface area contributed by atoms with Gasteiger partial charge in [0, 0.05) is 31.3 Å². The molecular weight excluding hydrogens is 346 g/mol. The van der Waals surface area contributed by atoms with Gasteiger partial charge in [0.1, 0.15) is 17.2 Å². The molecule has 0 spiro atoms. The molecule has 6 heteroatoms. The van der Waals surface area contributed by atoms with Crippen LogP contribution in [-0.2, 0) is 11.3 Å². The molecule has 1 fully saturated rings. The summed E-state index contributed by atoms with van der Waals surface area (Å²) >= 11 is 0. The number of phenolic OH excluding ortho intramolecular Hbond substituents is 2. The number of hydrogen-bond acceptors (Lipinski definition) is 6. The number of allylic oxidation sites excluding steroid dienone is 1. The molecule has 2 aromatic carbocycles. The molecule has 0 atom stereocenters. The summed E-state index contributed by atoms with van der Waals surface area (Å²) in [6, 6.07) is 9.67. The number of ketones is 1. The van der Waals surface area contributed by atoms with Crippen LogP contribution < -0.4 is 4.74 Å². The van der Waals surface area contributed by atoms with Crippen molar-refractivity contribution in [1.82, 2.24) is 4.90 Å². The van der Waals surface area contributed by atoms with E-state index in [2.05, 4.69) is 4.90 Å². The highest BCUT2D eigenvalue weighted by Crippen LogP contribution is 2.25. The van der Waals surface area contributed by atoms with Crippen LogP contribution in [0, 0.1) is 0 Å². The lowest BCUT2D eigenvalue weighted by atomic mass is 10.1. The van der Waals surface area contributed by atoms with Crippen molar-refractivity contribution in [2.45, 2.75) is 6.54 Å². The molecule has 0 aromatic heterocycles. The van der Waals surface area contributed by atoms with E-state index in [0.29, 0.717) is 0 Å². The average molecular weight is 369 g/mol. The third-order valence-corrected chi connectivity index (χ3v) is 4.48. The topological polar surface area (TPSA) is 79.2 Å². The van der Waals surface area contributed by atoms with Crippen molar-refractivity contribution >= 4 is 11.9 Å². The van der Waals surface area contributed by atoms with E-state index < -0.39 is 0 Å². The normalized spacial score (nSPS) is 15.1. The Labute approximate surface area is 158 Å². The first kappa shape index (κ1) is 18.9. The second-order valence-electron chi connectivity index (χ2n) is 6.36. The quantitative estimate of drug-likeness (QED) is 0.602. The lowest BCUT2D eigenvalue weighted by Crippen LogP contribution is -2.35. The Balaban J connectivity index is 1.76. The van der Waals surface area contributed by atoms with Gasteiger partial charge in [-0.05, 0) is 35.9 Å². The third kappa shape index (κ3) is 4.87. The standard InChI is InChI=1S/C21H23NO5/c1-26-21-7-3-15(12-16(21)14-22-8-10-27-11-9-22)2-6-19(24)18-5-4-17(23)13-20(18)25/h2-7,12-13,23,25H,8-11,14H2,1H3/b6-2+. The van der Waals surface area contributed by atoms with Gasteiger partial charge in [-0.15, -0.1) is 0 Å². The monoisotopic (exact) mass is 369 g/mol. The van der Waals surface area contributed by atoms with Crippen LogP contribution in [0.3, 0.4) is 0 Å². The van der Waals surface area contributed by atoms with Crippen LogP contribution in [0.2, 0.25) is 0 Å². The van der Waals surface area contributed by atoms with Crippen LogP contribution >= 0.6 is 0 Å². The van der Waals surface area contributed by atoms with Gasteiger partial charge in [0.05, 0.1) is 25.9 Å². The number of carbonyl (C=O) groups is 1. The van der Waals surface area contributed by atoms with E-state index in [1.54, 1.807) is 13.2 Å². The van der Waals surface area contributed by atoms with Gasteiger partial charge in [-0.1, -0.05) is 12.1 Å². The van der Waals surface area contributed by atoms with Gasteiger partial charge in [-0.25, -0.2) is 0 Å². The number of morpholine rings is 1. The number of nitrogens with zero attached hydrogens (tertiary/aromatic N) is 1. The van der Waals surface area contributed by atoms with E-state index in [4.69, 9.17) is 9.47 Å². The number of methoxy groups -OCH3 is 1. The summed E-state index contributed by atoms with van der Waals surface area (Å²) in [6.07, 6.45) is 3.11. The fourth-order valence-corrected chi connectivity index (χ4v) is 3.02. The summed E-state index contributed by atoms with van der Waals surface area (Å²) in [4.78, 5) is 14.6. The fourth-order valence-electron chi connectivity index (χ4n) is 3.02. The number of hydrogen-bond donors (Lipinski definition) is 2. The van der Waals surface area contributed by atoms with Gasteiger partial charge in [0.15, 0.2) is 5.78 Å². The first-order valence-electron chi connectivity index (χ1n) is 8.78. The molecule has 0 aliphatic carbocycles. The van der Waals surface area contributed by atoms with Gasteiger partial charge < -0.3 is 19.7 Å². The zero-order valence-corrected chi connectivity index (χ0v) is 15.2. The van der Waals surface area contributed by atoms with Crippen LogP contribution in [0.5, 0.6) is 17.2 Å². The molecule has 0 unspecified atom stereocenters. The minimum absolute atomic E-state index is 0.0871. The maximum absolute atomic E-state index is 12.3. The number of carbonyl (C=O) groups excluding carboxylic acids is 1. The summed E-state index contributed by atoms with van der Waals surface area (Å²) in [6.45, 7) is 3.96. The van der Waals surface area contributed by atoms with Crippen LogP contribution in [0.25, 0.3) is 6.08 Å². The predicted molar refractivity (Wildman–Crippen MR) is 102 cm³/mol. The Morgan fingerprint density at radius 3 is 2.67 bits per heavy atom. The van der Waals surface area contributed by atoms with Crippen LogP contribution in [-0.4, -0.2) is 54.3 Å².